The van der Waals surface area contributed by atoms with E-state index in [1.165, 1.54) is 7.11 Å². The second-order valence-corrected chi connectivity index (χ2v) is 4.70. The Bertz CT molecular complexity index is 501. The maximum atomic E-state index is 12.0. The van der Waals surface area contributed by atoms with Gasteiger partial charge in [0, 0.05) is 17.2 Å². The van der Waals surface area contributed by atoms with Gasteiger partial charge in [-0.2, -0.15) is 0 Å². The fourth-order valence-electron chi connectivity index (χ4n) is 1.57. The molecule has 5 nitrogen and oxygen atoms in total. The zero-order chi connectivity index (χ0) is 13.7. The zero-order valence-corrected chi connectivity index (χ0v) is 11.6. The van der Waals surface area contributed by atoms with Gasteiger partial charge in [-0.15, -0.1) is 11.8 Å². The molecule has 0 spiro atoms. The van der Waals surface area contributed by atoms with Crippen LogP contribution in [0.4, 0.5) is 5.69 Å². The van der Waals surface area contributed by atoms with Gasteiger partial charge >= 0.3 is 0 Å². The maximum absolute atomic E-state index is 12.0. The summed E-state index contributed by atoms with van der Waals surface area (Å²) >= 11 is 1.56. The Kier molecular flexibility index (Phi) is 4.57. The molecule has 1 aromatic carbocycles. The predicted octanol–water partition coefficient (Wildman–Crippen LogP) is 2.25. The summed E-state index contributed by atoms with van der Waals surface area (Å²) in [5.74, 6) is 2.11. The summed E-state index contributed by atoms with van der Waals surface area (Å²) in [6, 6.07) is 5.19. The van der Waals surface area contributed by atoms with E-state index in [4.69, 9.17) is 14.2 Å². The highest BCUT2D eigenvalue weighted by atomic mass is 32.2. The van der Waals surface area contributed by atoms with E-state index in [0.717, 1.165) is 5.75 Å². The van der Waals surface area contributed by atoms with Crippen molar-refractivity contribution in [1.82, 2.24) is 0 Å². The third-order valence-electron chi connectivity index (χ3n) is 2.53. The quantitative estimate of drug-likeness (QED) is 0.917. The van der Waals surface area contributed by atoms with Crippen LogP contribution >= 0.6 is 11.8 Å². The molecule has 0 aromatic heterocycles. The molecule has 1 aliphatic rings. The van der Waals surface area contributed by atoms with Crippen LogP contribution in [0.15, 0.2) is 29.4 Å². The third kappa shape index (κ3) is 3.35. The number of ether oxygens (including phenoxy) is 3. The van der Waals surface area contributed by atoms with E-state index < -0.39 is 0 Å². The van der Waals surface area contributed by atoms with Gasteiger partial charge < -0.3 is 19.5 Å². The summed E-state index contributed by atoms with van der Waals surface area (Å²) in [5.41, 5.74) is 0.577. The minimum absolute atomic E-state index is 0.282. The Labute approximate surface area is 115 Å². The number of hydrogen-bond donors (Lipinski definition) is 1. The van der Waals surface area contributed by atoms with Gasteiger partial charge in [-0.1, -0.05) is 0 Å². The van der Waals surface area contributed by atoms with Crippen LogP contribution in [-0.4, -0.2) is 32.5 Å². The van der Waals surface area contributed by atoms with Crippen molar-refractivity contribution in [3.63, 3.8) is 0 Å². The van der Waals surface area contributed by atoms with Gasteiger partial charge in [-0.3, -0.25) is 4.79 Å². The monoisotopic (exact) mass is 281 g/mol. The van der Waals surface area contributed by atoms with Gasteiger partial charge in [0.05, 0.1) is 26.5 Å². The van der Waals surface area contributed by atoms with Crippen LogP contribution in [0.2, 0.25) is 0 Å². The SMILES string of the molecule is COc1ccc(NC(=O)C2=CSCCO2)c(OC)c1. The molecule has 0 aliphatic carbocycles. The lowest BCUT2D eigenvalue weighted by molar-refractivity contribution is -0.116. The highest BCUT2D eigenvalue weighted by molar-refractivity contribution is 8.02. The first-order valence-corrected chi connectivity index (χ1v) is 6.77. The zero-order valence-electron chi connectivity index (χ0n) is 10.8. The van der Waals surface area contributed by atoms with Crippen LogP contribution in [0.3, 0.4) is 0 Å². The molecule has 2 rings (SSSR count). The largest absolute Gasteiger partial charge is 0.497 e. The Morgan fingerprint density at radius 3 is 2.84 bits per heavy atom. The van der Waals surface area contributed by atoms with Crippen LogP contribution in [-0.2, 0) is 9.53 Å². The fraction of sp³-hybridized carbons (Fsp3) is 0.308. The minimum Gasteiger partial charge on any atom is -0.497 e. The van der Waals surface area contributed by atoms with Crippen LogP contribution < -0.4 is 14.8 Å². The molecular weight excluding hydrogens is 266 g/mol. The Morgan fingerprint density at radius 2 is 2.21 bits per heavy atom. The molecule has 0 radical (unpaired) electrons. The summed E-state index contributed by atoms with van der Waals surface area (Å²) < 4.78 is 15.6. The molecule has 1 aliphatic heterocycles. The minimum atomic E-state index is -0.282. The molecule has 1 amide bonds. The summed E-state index contributed by atoms with van der Waals surface area (Å²) in [7, 11) is 3.11. The fourth-order valence-corrected chi connectivity index (χ4v) is 2.20. The highest BCUT2D eigenvalue weighted by Crippen LogP contribution is 2.29. The van der Waals surface area contributed by atoms with Crippen molar-refractivity contribution in [2.24, 2.45) is 0 Å². The van der Waals surface area contributed by atoms with Crippen molar-refractivity contribution in [1.29, 1.82) is 0 Å². The van der Waals surface area contributed by atoms with Crippen molar-refractivity contribution < 1.29 is 19.0 Å². The maximum Gasteiger partial charge on any atom is 0.291 e. The number of benzene rings is 1. The Morgan fingerprint density at radius 1 is 1.37 bits per heavy atom. The summed E-state index contributed by atoms with van der Waals surface area (Å²) in [5, 5.41) is 4.47. The predicted molar refractivity (Wildman–Crippen MR) is 74.7 cm³/mol. The number of amides is 1. The van der Waals surface area contributed by atoms with Crippen molar-refractivity contribution in [2.45, 2.75) is 0 Å². The standard InChI is InChI=1S/C13H15NO4S/c1-16-9-3-4-10(11(7-9)17-2)14-13(15)12-8-19-6-5-18-12/h3-4,7-8H,5-6H2,1-2H3,(H,14,15). The molecule has 0 atom stereocenters. The Balaban J connectivity index is 2.14. The van der Waals surface area contributed by atoms with Crippen molar-refractivity contribution >= 4 is 23.4 Å². The molecule has 1 aromatic rings. The lowest BCUT2D eigenvalue weighted by Gasteiger charge is -2.15. The molecule has 0 saturated carbocycles. The molecule has 0 fully saturated rings. The van der Waals surface area contributed by atoms with Gasteiger partial charge in [-0.05, 0) is 12.1 Å². The van der Waals surface area contributed by atoms with E-state index in [-0.39, 0.29) is 5.91 Å². The van der Waals surface area contributed by atoms with Gasteiger partial charge in [-0.25, -0.2) is 0 Å². The van der Waals surface area contributed by atoms with Gasteiger partial charge in [0.1, 0.15) is 11.5 Å². The molecule has 0 unspecified atom stereocenters. The molecule has 1 heterocycles. The summed E-state index contributed by atoms with van der Waals surface area (Å²) in [4.78, 5) is 12.0. The number of anilines is 1. The first kappa shape index (κ1) is 13.6. The molecule has 0 bridgehead atoms. The van der Waals surface area contributed by atoms with Gasteiger partial charge in [0.2, 0.25) is 0 Å². The lowest BCUT2D eigenvalue weighted by atomic mass is 10.2. The smallest absolute Gasteiger partial charge is 0.291 e. The summed E-state index contributed by atoms with van der Waals surface area (Å²) in [6.45, 7) is 0.545. The summed E-state index contributed by atoms with van der Waals surface area (Å²) in [6.07, 6.45) is 0. The molecule has 1 N–H and O–H groups in total. The first-order chi connectivity index (χ1) is 9.24. The second-order valence-electron chi connectivity index (χ2n) is 3.72. The topological polar surface area (TPSA) is 56.8 Å². The van der Waals surface area contributed by atoms with Gasteiger partial charge in [0.25, 0.3) is 5.91 Å². The molecule has 102 valence electrons. The van der Waals surface area contributed by atoms with Crippen LogP contribution in [0.1, 0.15) is 0 Å². The second kappa shape index (κ2) is 6.38. The van der Waals surface area contributed by atoms with E-state index in [0.29, 0.717) is 29.6 Å². The van der Waals surface area contributed by atoms with Crippen molar-refractivity contribution in [2.75, 3.05) is 31.9 Å². The Hall–Kier alpha value is -1.82. The van der Waals surface area contributed by atoms with E-state index >= 15 is 0 Å². The van der Waals surface area contributed by atoms with Crippen LogP contribution in [0.25, 0.3) is 0 Å². The first-order valence-electron chi connectivity index (χ1n) is 5.72. The molecule has 0 saturated heterocycles. The number of rotatable bonds is 4. The van der Waals surface area contributed by atoms with E-state index in [9.17, 15) is 4.79 Å². The van der Waals surface area contributed by atoms with E-state index in [1.54, 1.807) is 42.5 Å². The lowest BCUT2D eigenvalue weighted by Crippen LogP contribution is -2.19. The number of carbonyl (C=O) groups is 1. The van der Waals surface area contributed by atoms with Crippen LogP contribution in [0, 0.1) is 0 Å². The molecular formula is C13H15NO4S. The highest BCUT2D eigenvalue weighted by Gasteiger charge is 2.16. The van der Waals surface area contributed by atoms with Crippen molar-refractivity contribution in [3.8, 4) is 11.5 Å². The molecule has 6 heteroatoms. The van der Waals surface area contributed by atoms with Crippen molar-refractivity contribution in [3.05, 3.63) is 29.4 Å². The number of thioether (sulfide) groups is 1. The van der Waals surface area contributed by atoms with Crippen LogP contribution in [0.5, 0.6) is 11.5 Å². The third-order valence-corrected chi connectivity index (χ3v) is 3.31. The average Bonchev–Trinajstić information content (AvgIpc) is 2.48. The number of carbonyl (C=O) groups excluding carboxylic acids is 1. The normalized spacial score (nSPS) is 14.1. The molecule has 19 heavy (non-hydrogen) atoms. The van der Waals surface area contributed by atoms with E-state index in [2.05, 4.69) is 5.32 Å². The van der Waals surface area contributed by atoms with Gasteiger partial charge in [0.15, 0.2) is 5.76 Å². The number of methoxy groups -OCH3 is 2. The number of nitrogens with one attached hydrogen (secondary N) is 1. The average molecular weight is 281 g/mol. The van der Waals surface area contributed by atoms with E-state index in [1.807, 2.05) is 0 Å². The number of hydrogen-bond acceptors (Lipinski definition) is 5.